The van der Waals surface area contributed by atoms with Crippen LogP contribution in [-0.2, 0) is 21.4 Å². The maximum atomic E-state index is 13.4. The van der Waals surface area contributed by atoms with Gasteiger partial charge in [-0.15, -0.1) is 11.3 Å². The summed E-state index contributed by atoms with van der Waals surface area (Å²) in [7, 11) is 1.74. The summed E-state index contributed by atoms with van der Waals surface area (Å²) < 4.78 is 1.11. The molecule has 1 atom stereocenters. The van der Waals surface area contributed by atoms with Gasteiger partial charge in [0.15, 0.2) is 0 Å². The lowest BCUT2D eigenvalue weighted by molar-refractivity contribution is -0.139. The first-order valence-electron chi connectivity index (χ1n) is 9.27. The van der Waals surface area contributed by atoms with Gasteiger partial charge >= 0.3 is 5.97 Å². The molecule has 1 unspecified atom stereocenters. The van der Waals surface area contributed by atoms with Crippen molar-refractivity contribution in [2.24, 2.45) is 0 Å². The number of para-hydroxylation sites is 1. The molecule has 0 saturated carbocycles. The first kappa shape index (κ1) is 20.0. The highest BCUT2D eigenvalue weighted by Gasteiger charge is 2.38. The van der Waals surface area contributed by atoms with E-state index in [4.69, 9.17) is 10.1 Å². The van der Waals surface area contributed by atoms with Crippen molar-refractivity contribution in [2.75, 3.05) is 13.6 Å². The van der Waals surface area contributed by atoms with E-state index in [1.54, 1.807) is 23.3 Å². The minimum atomic E-state index is -0.846. The van der Waals surface area contributed by atoms with Gasteiger partial charge < -0.3 is 10.0 Å². The third-order valence-corrected chi connectivity index (χ3v) is 5.99. The Bertz CT molecular complexity index is 937. The number of likely N-dealkylation sites (N-methyl/N-ethyl adjacent to an activating group) is 1. The Morgan fingerprint density at radius 2 is 1.79 bits per heavy atom. The van der Waals surface area contributed by atoms with Crippen LogP contribution in [0.1, 0.15) is 30.3 Å². The molecule has 28 heavy (non-hydrogen) atoms. The largest absolute Gasteiger partial charge is 0.481 e. The van der Waals surface area contributed by atoms with Crippen molar-refractivity contribution in [2.45, 2.75) is 31.6 Å². The Hall–Kier alpha value is -2.73. The minimum absolute atomic E-state index is 0.0247. The van der Waals surface area contributed by atoms with Crippen LogP contribution in [0.2, 0.25) is 0 Å². The number of carbonyl (C=O) groups is 2. The van der Waals surface area contributed by atoms with Crippen molar-refractivity contribution in [1.29, 1.82) is 0 Å². The molecule has 0 aliphatic heterocycles. The van der Waals surface area contributed by atoms with Crippen LogP contribution >= 0.6 is 11.3 Å². The molecule has 0 aliphatic carbocycles. The number of carboxylic acids is 1. The highest BCUT2D eigenvalue weighted by atomic mass is 32.1. The lowest BCUT2D eigenvalue weighted by atomic mass is 9.78. The molecule has 1 heterocycles. The fourth-order valence-corrected chi connectivity index (χ4v) is 4.52. The Morgan fingerprint density at radius 3 is 2.46 bits per heavy atom. The topological polar surface area (TPSA) is 70.5 Å². The van der Waals surface area contributed by atoms with E-state index < -0.39 is 11.4 Å². The van der Waals surface area contributed by atoms with Crippen molar-refractivity contribution in [3.05, 3.63) is 65.2 Å². The van der Waals surface area contributed by atoms with Crippen LogP contribution in [0.25, 0.3) is 10.2 Å². The van der Waals surface area contributed by atoms with E-state index in [2.05, 4.69) is 0 Å². The van der Waals surface area contributed by atoms with Gasteiger partial charge in [0.05, 0.1) is 20.6 Å². The molecule has 2 aromatic carbocycles. The second kappa shape index (κ2) is 8.52. The molecule has 3 rings (SSSR count). The number of rotatable bonds is 8. The van der Waals surface area contributed by atoms with Crippen LogP contribution in [0.15, 0.2) is 54.6 Å². The number of aliphatic carboxylic acids is 1. The van der Waals surface area contributed by atoms with Crippen LogP contribution in [-0.4, -0.2) is 40.5 Å². The molecule has 1 aromatic heterocycles. The first-order chi connectivity index (χ1) is 13.4. The average Bonchev–Trinajstić information content (AvgIpc) is 3.09. The number of aromatic nitrogens is 1. The summed E-state index contributed by atoms with van der Waals surface area (Å²) in [5.41, 5.74) is 1.11. The van der Waals surface area contributed by atoms with Gasteiger partial charge in [0.1, 0.15) is 0 Å². The molecule has 3 aromatic rings. The molecule has 5 nitrogen and oxygen atoms in total. The Balaban J connectivity index is 1.89. The Morgan fingerprint density at radius 1 is 1.11 bits per heavy atom. The number of carbonyl (C=O) groups excluding carboxylic acids is 1. The molecule has 146 valence electrons. The zero-order valence-corrected chi connectivity index (χ0v) is 16.9. The van der Waals surface area contributed by atoms with Crippen molar-refractivity contribution in [3.63, 3.8) is 0 Å². The quantitative estimate of drug-likeness (QED) is 0.622. The molecular formula is C22H24N2O3S. The van der Waals surface area contributed by atoms with Crippen molar-refractivity contribution in [3.8, 4) is 0 Å². The van der Waals surface area contributed by atoms with Crippen LogP contribution in [0.3, 0.4) is 0 Å². The summed E-state index contributed by atoms with van der Waals surface area (Å²) in [5, 5.41) is 9.77. The van der Waals surface area contributed by atoms with Crippen molar-refractivity contribution < 1.29 is 14.7 Å². The van der Waals surface area contributed by atoms with E-state index in [0.717, 1.165) is 20.8 Å². The number of hydrogen-bond donors (Lipinski definition) is 1. The Kier molecular flexibility index (Phi) is 6.09. The zero-order chi connectivity index (χ0) is 20.1. The molecule has 1 N–H and O–H groups in total. The monoisotopic (exact) mass is 396 g/mol. The molecule has 1 amide bonds. The molecule has 6 heteroatoms. The van der Waals surface area contributed by atoms with E-state index in [1.807, 2.05) is 61.5 Å². The second-order valence-electron chi connectivity index (χ2n) is 7.17. The van der Waals surface area contributed by atoms with Gasteiger partial charge in [0.2, 0.25) is 5.91 Å². The summed E-state index contributed by atoms with van der Waals surface area (Å²) >= 11 is 1.61. The summed E-state index contributed by atoms with van der Waals surface area (Å²) in [5.74, 6) is -0.871. The minimum Gasteiger partial charge on any atom is -0.481 e. The smallest absolute Gasteiger partial charge is 0.303 e. The summed E-state index contributed by atoms with van der Waals surface area (Å²) in [4.78, 5) is 30.6. The van der Waals surface area contributed by atoms with Crippen molar-refractivity contribution >= 4 is 33.4 Å². The van der Waals surface area contributed by atoms with E-state index in [1.165, 1.54) is 0 Å². The summed E-state index contributed by atoms with van der Waals surface area (Å²) in [6, 6.07) is 17.7. The number of benzene rings is 2. The number of fused-ring (bicyclic) bond motifs is 1. The predicted octanol–water partition coefficient (Wildman–Crippen LogP) is 4.12. The number of amides is 1. The lowest BCUT2D eigenvalue weighted by Crippen LogP contribution is -2.45. The van der Waals surface area contributed by atoms with Gasteiger partial charge in [0, 0.05) is 26.4 Å². The van der Waals surface area contributed by atoms with Gasteiger partial charge in [-0.1, -0.05) is 42.5 Å². The average molecular weight is 397 g/mol. The van der Waals surface area contributed by atoms with Gasteiger partial charge in [-0.2, -0.15) is 0 Å². The normalized spacial score (nSPS) is 13.2. The SMILES string of the molecule is CN(CCCC(=O)O)C(=O)C(C)(Cc1nc2ccccc2s1)c1ccccc1. The lowest BCUT2D eigenvalue weighted by Gasteiger charge is -2.32. The van der Waals surface area contributed by atoms with E-state index in [9.17, 15) is 9.59 Å². The first-order valence-corrected chi connectivity index (χ1v) is 10.1. The highest BCUT2D eigenvalue weighted by Crippen LogP contribution is 2.33. The van der Waals surface area contributed by atoms with E-state index >= 15 is 0 Å². The van der Waals surface area contributed by atoms with Gasteiger partial charge in [-0.3, -0.25) is 9.59 Å². The molecule has 0 radical (unpaired) electrons. The summed E-state index contributed by atoms with van der Waals surface area (Å²) in [6.45, 7) is 2.36. The molecule has 0 bridgehead atoms. The third-order valence-electron chi connectivity index (χ3n) is 4.96. The molecular weight excluding hydrogens is 372 g/mol. The summed E-state index contributed by atoms with van der Waals surface area (Å²) in [6.07, 6.45) is 0.986. The van der Waals surface area contributed by atoms with Gasteiger partial charge in [-0.05, 0) is 31.0 Å². The third kappa shape index (κ3) is 4.39. The number of carboxylic acid groups (broad SMARTS) is 1. The molecule has 0 saturated heterocycles. The Labute approximate surface area is 168 Å². The number of hydrogen-bond acceptors (Lipinski definition) is 4. The maximum Gasteiger partial charge on any atom is 0.303 e. The van der Waals surface area contributed by atoms with Crippen LogP contribution in [0.4, 0.5) is 0 Å². The van der Waals surface area contributed by atoms with E-state index in [-0.39, 0.29) is 12.3 Å². The molecule has 0 spiro atoms. The van der Waals surface area contributed by atoms with E-state index in [0.29, 0.717) is 19.4 Å². The zero-order valence-electron chi connectivity index (χ0n) is 16.1. The fourth-order valence-electron chi connectivity index (χ4n) is 3.40. The highest BCUT2D eigenvalue weighted by molar-refractivity contribution is 7.18. The van der Waals surface area contributed by atoms with Gasteiger partial charge in [0.25, 0.3) is 0 Å². The van der Waals surface area contributed by atoms with Crippen molar-refractivity contribution in [1.82, 2.24) is 9.88 Å². The second-order valence-corrected chi connectivity index (χ2v) is 8.29. The predicted molar refractivity (Wildman–Crippen MR) is 112 cm³/mol. The standard InChI is InChI=1S/C22H24N2O3S/c1-22(16-9-4-3-5-10-16,21(27)24(2)14-8-13-20(25)26)15-19-23-17-11-6-7-12-18(17)28-19/h3-7,9-12H,8,13-15H2,1-2H3,(H,25,26). The van der Waals surface area contributed by atoms with Gasteiger partial charge in [-0.25, -0.2) is 4.98 Å². The molecule has 0 aliphatic rings. The maximum absolute atomic E-state index is 13.4. The van der Waals surface area contributed by atoms with Crippen LogP contribution in [0, 0.1) is 0 Å². The molecule has 0 fully saturated rings. The van der Waals surface area contributed by atoms with Crippen LogP contribution in [0.5, 0.6) is 0 Å². The number of thiazole rings is 1. The number of nitrogens with zero attached hydrogens (tertiary/aromatic N) is 2. The fraction of sp³-hybridized carbons (Fsp3) is 0.318. The van der Waals surface area contributed by atoms with Crippen LogP contribution < -0.4 is 0 Å².